The Bertz CT molecular complexity index is 255. The summed E-state index contributed by atoms with van der Waals surface area (Å²) in [6.45, 7) is 1.78. The van der Waals surface area contributed by atoms with E-state index in [4.69, 9.17) is 10.2 Å². The van der Waals surface area contributed by atoms with Crippen molar-refractivity contribution in [1.29, 1.82) is 0 Å². The second kappa shape index (κ2) is 3.21. The number of hydrogen-bond acceptors (Lipinski definition) is 3. The molecule has 1 aromatic heterocycles. The highest BCUT2D eigenvalue weighted by Gasteiger charge is 2.01. The Labute approximate surface area is 64.4 Å². The molecule has 4 heteroatoms. The zero-order valence-electron chi connectivity index (χ0n) is 6.26. The minimum Gasteiger partial charge on any atom is -0.446 e. The van der Waals surface area contributed by atoms with E-state index in [0.29, 0.717) is 5.88 Å². The van der Waals surface area contributed by atoms with Crippen LogP contribution in [0.2, 0.25) is 0 Å². The van der Waals surface area contributed by atoms with Crippen LogP contribution >= 0.6 is 0 Å². The Balaban J connectivity index is 2.57. The lowest BCUT2D eigenvalue weighted by Crippen LogP contribution is -2.21. The minimum absolute atomic E-state index is 0.0280. The molecule has 0 aliphatic carbocycles. The largest absolute Gasteiger partial charge is 0.446 e. The van der Waals surface area contributed by atoms with Gasteiger partial charge in [0.2, 0.25) is 5.91 Å². The van der Waals surface area contributed by atoms with Gasteiger partial charge in [-0.15, -0.1) is 0 Å². The van der Waals surface area contributed by atoms with Crippen molar-refractivity contribution in [3.63, 3.8) is 0 Å². The summed E-state index contributed by atoms with van der Waals surface area (Å²) in [7, 11) is 0. The summed E-state index contributed by atoms with van der Waals surface area (Å²) in [4.78, 5) is 10.7. The standard InChI is InChI=1S/C7H10N2O2/c1-5-2-3-7(11-5)9-6(10)4-8/h2-3H,4,8H2,1H3,(H,9,10). The van der Waals surface area contributed by atoms with E-state index in [1.54, 1.807) is 19.1 Å². The zero-order valence-corrected chi connectivity index (χ0v) is 6.26. The first-order valence-electron chi connectivity index (χ1n) is 3.28. The van der Waals surface area contributed by atoms with E-state index in [1.165, 1.54) is 0 Å². The van der Waals surface area contributed by atoms with Crippen LogP contribution < -0.4 is 11.1 Å². The molecule has 1 heterocycles. The van der Waals surface area contributed by atoms with Crippen molar-refractivity contribution in [2.75, 3.05) is 11.9 Å². The van der Waals surface area contributed by atoms with Gasteiger partial charge in [0.05, 0.1) is 6.54 Å². The van der Waals surface area contributed by atoms with Crippen molar-refractivity contribution in [2.45, 2.75) is 6.92 Å². The molecule has 4 nitrogen and oxygen atoms in total. The molecule has 0 saturated carbocycles. The third-order valence-corrected chi connectivity index (χ3v) is 1.19. The van der Waals surface area contributed by atoms with Gasteiger partial charge in [-0.25, -0.2) is 0 Å². The van der Waals surface area contributed by atoms with Crippen LogP contribution in [0.4, 0.5) is 5.88 Å². The fourth-order valence-electron chi connectivity index (χ4n) is 0.690. The molecule has 0 bridgehead atoms. The molecule has 0 atom stereocenters. The summed E-state index contributed by atoms with van der Waals surface area (Å²) in [5, 5.41) is 2.48. The predicted octanol–water partition coefficient (Wildman–Crippen LogP) is 0.485. The van der Waals surface area contributed by atoms with Crippen LogP contribution in [0.5, 0.6) is 0 Å². The molecule has 11 heavy (non-hydrogen) atoms. The van der Waals surface area contributed by atoms with Crippen LogP contribution in [0.1, 0.15) is 5.76 Å². The normalized spacial score (nSPS) is 9.64. The first-order chi connectivity index (χ1) is 5.22. The van der Waals surface area contributed by atoms with Crippen LogP contribution in [-0.2, 0) is 4.79 Å². The zero-order chi connectivity index (χ0) is 8.27. The molecule has 0 saturated heterocycles. The molecule has 3 N–H and O–H groups in total. The average Bonchev–Trinajstić information content (AvgIpc) is 2.35. The van der Waals surface area contributed by atoms with Gasteiger partial charge in [-0.3, -0.25) is 10.1 Å². The first-order valence-corrected chi connectivity index (χ1v) is 3.28. The summed E-state index contributed by atoms with van der Waals surface area (Å²) in [6.07, 6.45) is 0. The van der Waals surface area contributed by atoms with Crippen molar-refractivity contribution in [3.05, 3.63) is 17.9 Å². The molecule has 0 fully saturated rings. The first kappa shape index (κ1) is 7.81. The second-order valence-corrected chi connectivity index (χ2v) is 2.16. The summed E-state index contributed by atoms with van der Waals surface area (Å²) in [5.41, 5.74) is 5.07. The van der Waals surface area contributed by atoms with Gasteiger partial charge in [-0.1, -0.05) is 0 Å². The van der Waals surface area contributed by atoms with Crippen LogP contribution in [0.3, 0.4) is 0 Å². The summed E-state index contributed by atoms with van der Waals surface area (Å²) in [5.74, 6) is 0.953. The highest BCUT2D eigenvalue weighted by molar-refractivity contribution is 5.90. The smallest absolute Gasteiger partial charge is 0.240 e. The van der Waals surface area contributed by atoms with Gasteiger partial charge < -0.3 is 10.2 Å². The number of carbonyl (C=O) groups is 1. The Morgan fingerprint density at radius 1 is 1.73 bits per heavy atom. The van der Waals surface area contributed by atoms with Crippen LogP contribution in [-0.4, -0.2) is 12.5 Å². The number of rotatable bonds is 2. The van der Waals surface area contributed by atoms with Crippen molar-refractivity contribution in [2.24, 2.45) is 5.73 Å². The summed E-state index contributed by atoms with van der Waals surface area (Å²) >= 11 is 0. The van der Waals surface area contributed by atoms with Gasteiger partial charge >= 0.3 is 0 Å². The summed E-state index contributed by atoms with van der Waals surface area (Å²) in [6, 6.07) is 3.45. The molecule has 1 rings (SSSR count). The SMILES string of the molecule is Cc1ccc(NC(=O)CN)o1. The second-order valence-electron chi connectivity index (χ2n) is 2.16. The van der Waals surface area contributed by atoms with Gasteiger partial charge in [0.25, 0.3) is 0 Å². The van der Waals surface area contributed by atoms with Crippen LogP contribution in [0.15, 0.2) is 16.5 Å². The Hall–Kier alpha value is -1.29. The van der Waals surface area contributed by atoms with E-state index in [9.17, 15) is 4.79 Å². The maximum Gasteiger partial charge on any atom is 0.240 e. The maximum atomic E-state index is 10.7. The maximum absolute atomic E-state index is 10.7. The number of aryl methyl sites for hydroxylation is 1. The van der Waals surface area contributed by atoms with Crippen molar-refractivity contribution >= 4 is 11.8 Å². The lowest BCUT2D eigenvalue weighted by Gasteiger charge is -1.96. The number of anilines is 1. The molecule has 0 radical (unpaired) electrons. The molecule has 0 aliphatic rings. The third-order valence-electron chi connectivity index (χ3n) is 1.19. The topological polar surface area (TPSA) is 68.3 Å². The Kier molecular flexibility index (Phi) is 2.28. The number of carbonyl (C=O) groups excluding carboxylic acids is 1. The minimum atomic E-state index is -0.251. The molecule has 0 spiro atoms. The monoisotopic (exact) mass is 154 g/mol. The molecular weight excluding hydrogens is 144 g/mol. The van der Waals surface area contributed by atoms with E-state index in [-0.39, 0.29) is 12.5 Å². The Morgan fingerprint density at radius 3 is 2.91 bits per heavy atom. The molecule has 0 aliphatic heterocycles. The van der Waals surface area contributed by atoms with E-state index < -0.39 is 0 Å². The van der Waals surface area contributed by atoms with Gasteiger partial charge in [0.1, 0.15) is 5.76 Å². The average molecular weight is 154 g/mol. The van der Waals surface area contributed by atoms with E-state index in [2.05, 4.69) is 5.32 Å². The lowest BCUT2D eigenvalue weighted by molar-refractivity contribution is -0.115. The molecular formula is C7H10N2O2. The van der Waals surface area contributed by atoms with E-state index in [0.717, 1.165) is 5.76 Å². The van der Waals surface area contributed by atoms with Gasteiger partial charge in [0, 0.05) is 6.07 Å². The number of nitrogens with one attached hydrogen (secondary N) is 1. The number of amides is 1. The van der Waals surface area contributed by atoms with Gasteiger partial charge in [0.15, 0.2) is 5.88 Å². The summed E-state index contributed by atoms with van der Waals surface area (Å²) < 4.78 is 5.07. The third kappa shape index (κ3) is 2.09. The quantitative estimate of drug-likeness (QED) is 0.651. The predicted molar refractivity (Wildman–Crippen MR) is 41.1 cm³/mol. The number of hydrogen-bond donors (Lipinski definition) is 2. The fourth-order valence-corrected chi connectivity index (χ4v) is 0.690. The fraction of sp³-hybridized carbons (Fsp3) is 0.286. The van der Waals surface area contributed by atoms with Gasteiger partial charge in [-0.2, -0.15) is 0 Å². The van der Waals surface area contributed by atoms with E-state index >= 15 is 0 Å². The van der Waals surface area contributed by atoms with Crippen molar-refractivity contribution in [1.82, 2.24) is 0 Å². The van der Waals surface area contributed by atoms with Crippen molar-refractivity contribution in [3.8, 4) is 0 Å². The molecule has 0 unspecified atom stereocenters. The highest BCUT2D eigenvalue weighted by atomic mass is 16.4. The Morgan fingerprint density at radius 2 is 2.45 bits per heavy atom. The van der Waals surface area contributed by atoms with E-state index in [1.807, 2.05) is 0 Å². The molecule has 0 aromatic carbocycles. The highest BCUT2D eigenvalue weighted by Crippen LogP contribution is 2.10. The van der Waals surface area contributed by atoms with Gasteiger partial charge in [-0.05, 0) is 13.0 Å². The van der Waals surface area contributed by atoms with Crippen LogP contribution in [0, 0.1) is 6.92 Å². The van der Waals surface area contributed by atoms with Crippen LogP contribution in [0.25, 0.3) is 0 Å². The lowest BCUT2D eigenvalue weighted by atomic mass is 10.5. The number of nitrogens with two attached hydrogens (primary N) is 1. The molecule has 60 valence electrons. The van der Waals surface area contributed by atoms with Crippen molar-refractivity contribution < 1.29 is 9.21 Å². The molecule has 1 aromatic rings. The molecule has 1 amide bonds. The number of furan rings is 1.